The number of hydrogen-bond acceptors (Lipinski definition) is 7. The van der Waals surface area contributed by atoms with Gasteiger partial charge in [0.05, 0.1) is 9.85 Å². The van der Waals surface area contributed by atoms with Gasteiger partial charge in [0.2, 0.25) is 16.0 Å². The van der Waals surface area contributed by atoms with Crippen LogP contribution < -0.4 is 14.9 Å². The van der Waals surface area contributed by atoms with Crippen molar-refractivity contribution in [3.63, 3.8) is 0 Å². The fourth-order valence-corrected chi connectivity index (χ4v) is 6.74. The maximum Gasteiger partial charge on any atom is 0.250 e. The molecule has 2 N–H and O–H groups in total. The second-order valence-electron chi connectivity index (χ2n) is 8.46. The van der Waals surface area contributed by atoms with Gasteiger partial charge in [-0.1, -0.05) is 23.7 Å². The van der Waals surface area contributed by atoms with Crippen LogP contribution in [0.25, 0.3) is 10.9 Å². The average Bonchev–Trinajstić information content (AvgIpc) is 3.23. The standard InChI is InChI=1S/C22H28ClN5O2S2/c1-28(2)21-17-5-3-4-6-18(17)26-22(27-21)24-13-15-7-9-16(10-8-15)14-25-32(29,30)20-12-11-19(23)31-20/h3-6,11-12,15-16,25H,7-10,13-14H2,1-2H3,(H,24,26,27). The largest absolute Gasteiger partial charge is 0.362 e. The molecule has 2 heterocycles. The number of thiophene rings is 1. The minimum atomic E-state index is -3.48. The SMILES string of the molecule is CN(C)c1nc(NCC2CCC(CNS(=O)(=O)c3ccc(Cl)s3)CC2)nc2ccccc12. The molecule has 7 nitrogen and oxygen atoms in total. The Balaban J connectivity index is 1.28. The van der Waals surface area contributed by atoms with Crippen molar-refractivity contribution in [1.82, 2.24) is 14.7 Å². The number of fused-ring (bicyclic) bond motifs is 1. The normalized spacial score (nSPS) is 19.2. The number of anilines is 2. The third-order valence-electron chi connectivity index (χ3n) is 5.90. The molecule has 0 saturated heterocycles. The van der Waals surface area contributed by atoms with Crippen LogP contribution >= 0.6 is 22.9 Å². The van der Waals surface area contributed by atoms with Crippen LogP contribution in [-0.4, -0.2) is 45.6 Å². The third-order valence-corrected chi connectivity index (χ3v) is 9.04. The lowest BCUT2D eigenvalue weighted by Gasteiger charge is -2.28. The molecule has 0 unspecified atom stereocenters. The van der Waals surface area contributed by atoms with Crippen LogP contribution in [0.3, 0.4) is 0 Å². The number of halogens is 1. The van der Waals surface area contributed by atoms with E-state index in [1.54, 1.807) is 12.1 Å². The van der Waals surface area contributed by atoms with Gasteiger partial charge in [-0.25, -0.2) is 18.1 Å². The molecule has 1 aliphatic rings. The van der Waals surface area contributed by atoms with Gasteiger partial charge in [-0.15, -0.1) is 11.3 Å². The van der Waals surface area contributed by atoms with Gasteiger partial charge in [0.25, 0.3) is 0 Å². The number of sulfonamides is 1. The van der Waals surface area contributed by atoms with Crippen LogP contribution in [0.15, 0.2) is 40.6 Å². The van der Waals surface area contributed by atoms with Crippen molar-refractivity contribution in [2.24, 2.45) is 11.8 Å². The van der Waals surface area contributed by atoms with Crippen molar-refractivity contribution in [1.29, 1.82) is 0 Å². The highest BCUT2D eigenvalue weighted by atomic mass is 35.5. The molecule has 32 heavy (non-hydrogen) atoms. The van der Waals surface area contributed by atoms with Gasteiger partial charge >= 0.3 is 0 Å². The molecule has 3 aromatic rings. The van der Waals surface area contributed by atoms with Crippen LogP contribution in [0.2, 0.25) is 4.34 Å². The van der Waals surface area contributed by atoms with Crippen molar-refractivity contribution in [3.05, 3.63) is 40.7 Å². The zero-order valence-electron chi connectivity index (χ0n) is 18.2. The summed E-state index contributed by atoms with van der Waals surface area (Å²) in [4.78, 5) is 11.4. The van der Waals surface area contributed by atoms with E-state index in [0.29, 0.717) is 28.7 Å². The first kappa shape index (κ1) is 23.2. The summed E-state index contributed by atoms with van der Waals surface area (Å²) in [6, 6.07) is 11.2. The molecule has 0 atom stereocenters. The Morgan fingerprint density at radius 3 is 2.38 bits per heavy atom. The van der Waals surface area contributed by atoms with Gasteiger partial charge in [0.1, 0.15) is 10.0 Å². The van der Waals surface area contributed by atoms with Crippen LogP contribution in [0.4, 0.5) is 11.8 Å². The minimum absolute atomic E-state index is 0.271. The summed E-state index contributed by atoms with van der Waals surface area (Å²) < 4.78 is 28.3. The summed E-state index contributed by atoms with van der Waals surface area (Å²) >= 11 is 6.95. The molecule has 0 bridgehead atoms. The predicted molar refractivity (Wildman–Crippen MR) is 132 cm³/mol. The third kappa shape index (κ3) is 5.51. The maximum atomic E-state index is 12.4. The lowest BCUT2D eigenvalue weighted by atomic mass is 9.82. The lowest BCUT2D eigenvalue weighted by Crippen LogP contribution is -2.32. The van der Waals surface area contributed by atoms with Crippen LogP contribution in [0, 0.1) is 11.8 Å². The Hall–Kier alpha value is -1.94. The number of para-hydroxylation sites is 1. The fraction of sp³-hybridized carbons (Fsp3) is 0.455. The first-order valence-corrected chi connectivity index (χ1v) is 13.4. The van der Waals surface area contributed by atoms with Crippen LogP contribution in [-0.2, 0) is 10.0 Å². The number of hydrogen-bond donors (Lipinski definition) is 2. The molecular formula is C22H28ClN5O2S2. The topological polar surface area (TPSA) is 87.2 Å². The van der Waals surface area contributed by atoms with E-state index in [-0.39, 0.29) is 4.21 Å². The molecule has 10 heteroatoms. The molecule has 172 valence electrons. The molecule has 4 rings (SSSR count). The Kier molecular flexibility index (Phi) is 7.19. The smallest absolute Gasteiger partial charge is 0.250 e. The Morgan fingerprint density at radius 2 is 1.72 bits per heavy atom. The fourth-order valence-electron chi connectivity index (χ4n) is 4.10. The average molecular weight is 494 g/mol. The summed E-state index contributed by atoms with van der Waals surface area (Å²) in [5.41, 5.74) is 0.928. The summed E-state index contributed by atoms with van der Waals surface area (Å²) in [5.74, 6) is 2.43. The van der Waals surface area contributed by atoms with Gasteiger partial charge in [-0.3, -0.25) is 0 Å². The van der Waals surface area contributed by atoms with Gasteiger partial charge in [-0.05, 0) is 61.8 Å². The van der Waals surface area contributed by atoms with Crippen molar-refractivity contribution in [2.75, 3.05) is 37.4 Å². The molecule has 0 aliphatic heterocycles. The molecular weight excluding hydrogens is 466 g/mol. The summed E-state index contributed by atoms with van der Waals surface area (Å²) in [6.07, 6.45) is 4.11. The van der Waals surface area contributed by atoms with Crippen molar-refractivity contribution < 1.29 is 8.42 Å². The van der Waals surface area contributed by atoms with Crippen LogP contribution in [0.1, 0.15) is 25.7 Å². The van der Waals surface area contributed by atoms with Gasteiger partial charge in [0, 0.05) is 32.6 Å². The van der Waals surface area contributed by atoms with E-state index in [0.717, 1.165) is 60.3 Å². The van der Waals surface area contributed by atoms with Crippen molar-refractivity contribution >= 4 is 55.6 Å². The van der Waals surface area contributed by atoms with Crippen LogP contribution in [0.5, 0.6) is 0 Å². The first-order chi connectivity index (χ1) is 15.3. The highest BCUT2D eigenvalue weighted by molar-refractivity contribution is 7.91. The number of aromatic nitrogens is 2. The lowest BCUT2D eigenvalue weighted by molar-refractivity contribution is 0.284. The van der Waals surface area contributed by atoms with Gasteiger partial charge in [0.15, 0.2) is 0 Å². The summed E-state index contributed by atoms with van der Waals surface area (Å²) in [6.45, 7) is 1.29. The molecule has 0 amide bonds. The molecule has 1 aromatic carbocycles. The molecule has 1 aliphatic carbocycles. The monoisotopic (exact) mass is 493 g/mol. The second kappa shape index (κ2) is 9.91. The van der Waals surface area contributed by atoms with E-state index in [9.17, 15) is 8.42 Å². The van der Waals surface area contributed by atoms with E-state index >= 15 is 0 Å². The number of nitrogens with one attached hydrogen (secondary N) is 2. The molecule has 1 saturated carbocycles. The Morgan fingerprint density at radius 1 is 1.03 bits per heavy atom. The zero-order chi connectivity index (χ0) is 22.7. The highest BCUT2D eigenvalue weighted by Crippen LogP contribution is 2.30. The first-order valence-electron chi connectivity index (χ1n) is 10.7. The predicted octanol–water partition coefficient (Wildman–Crippen LogP) is 4.61. The van der Waals surface area contributed by atoms with Gasteiger partial charge < -0.3 is 10.2 Å². The van der Waals surface area contributed by atoms with Crippen molar-refractivity contribution in [3.8, 4) is 0 Å². The molecule has 1 fully saturated rings. The van der Waals surface area contributed by atoms with E-state index in [4.69, 9.17) is 16.6 Å². The minimum Gasteiger partial charge on any atom is -0.362 e. The Bertz CT molecular complexity index is 1170. The number of rotatable bonds is 8. The van der Waals surface area contributed by atoms with E-state index in [1.165, 1.54) is 0 Å². The second-order valence-corrected chi connectivity index (χ2v) is 12.2. The maximum absolute atomic E-state index is 12.4. The zero-order valence-corrected chi connectivity index (χ0v) is 20.6. The summed E-state index contributed by atoms with van der Waals surface area (Å²) in [5, 5.41) is 4.46. The Labute approximate surface area is 198 Å². The molecule has 0 spiro atoms. The number of nitrogens with zero attached hydrogens (tertiary/aromatic N) is 3. The number of benzene rings is 1. The molecule has 0 radical (unpaired) electrons. The quantitative estimate of drug-likeness (QED) is 0.476. The summed E-state index contributed by atoms with van der Waals surface area (Å²) in [7, 11) is 0.498. The van der Waals surface area contributed by atoms with Gasteiger partial charge in [-0.2, -0.15) is 4.98 Å². The molecule has 2 aromatic heterocycles. The highest BCUT2D eigenvalue weighted by Gasteiger charge is 2.24. The van der Waals surface area contributed by atoms with E-state index < -0.39 is 10.0 Å². The van der Waals surface area contributed by atoms with E-state index in [2.05, 4.69) is 15.0 Å². The van der Waals surface area contributed by atoms with Crippen molar-refractivity contribution in [2.45, 2.75) is 29.9 Å². The van der Waals surface area contributed by atoms with E-state index in [1.807, 2.05) is 43.3 Å².